The van der Waals surface area contributed by atoms with E-state index in [4.69, 9.17) is 11.5 Å². The molecule has 5 heteroatoms. The Balaban J connectivity index is 2.27. The number of hydrogen-bond donors (Lipinski definition) is 2. The standard InChI is InChI=1S/C12H10N4S/c13-10-5-17-4-9(10)7-1-2-11-8(3-7)12(14)16-6-15-11/h1-6H,13H2,(H2,14,15,16). The fraction of sp³-hybridized carbons (Fsp3) is 0. The van der Waals surface area contributed by atoms with Crippen molar-refractivity contribution in [3.8, 4) is 11.1 Å². The Hall–Kier alpha value is -2.14. The third kappa shape index (κ3) is 1.60. The second kappa shape index (κ2) is 3.71. The van der Waals surface area contributed by atoms with E-state index in [2.05, 4.69) is 9.97 Å². The predicted molar refractivity (Wildman–Crippen MR) is 71.7 cm³/mol. The predicted octanol–water partition coefficient (Wildman–Crippen LogP) is 2.52. The quantitative estimate of drug-likeness (QED) is 0.687. The fourth-order valence-corrected chi connectivity index (χ4v) is 2.54. The van der Waals surface area contributed by atoms with Gasteiger partial charge in [0.2, 0.25) is 0 Å². The molecule has 0 amide bonds. The van der Waals surface area contributed by atoms with Gasteiger partial charge < -0.3 is 11.5 Å². The average Bonchev–Trinajstić information content (AvgIpc) is 2.76. The zero-order valence-corrected chi connectivity index (χ0v) is 9.74. The van der Waals surface area contributed by atoms with Crippen LogP contribution in [0.1, 0.15) is 0 Å². The van der Waals surface area contributed by atoms with E-state index < -0.39 is 0 Å². The minimum atomic E-state index is 0.491. The number of aromatic nitrogens is 2. The van der Waals surface area contributed by atoms with Crippen molar-refractivity contribution in [1.29, 1.82) is 0 Å². The van der Waals surface area contributed by atoms with Gasteiger partial charge in [0.25, 0.3) is 0 Å². The fourth-order valence-electron chi connectivity index (χ4n) is 1.79. The number of nitrogen functional groups attached to an aromatic ring is 2. The van der Waals surface area contributed by atoms with Crippen LogP contribution in [0.4, 0.5) is 11.5 Å². The van der Waals surface area contributed by atoms with Crippen LogP contribution in [0.3, 0.4) is 0 Å². The zero-order valence-electron chi connectivity index (χ0n) is 8.92. The van der Waals surface area contributed by atoms with Gasteiger partial charge in [0, 0.05) is 21.7 Å². The molecule has 2 heterocycles. The van der Waals surface area contributed by atoms with Crippen molar-refractivity contribution in [1.82, 2.24) is 9.97 Å². The maximum Gasteiger partial charge on any atom is 0.134 e. The largest absolute Gasteiger partial charge is 0.398 e. The zero-order chi connectivity index (χ0) is 11.8. The molecule has 84 valence electrons. The Kier molecular flexibility index (Phi) is 2.19. The molecule has 17 heavy (non-hydrogen) atoms. The topological polar surface area (TPSA) is 77.8 Å². The van der Waals surface area contributed by atoms with Gasteiger partial charge in [0.1, 0.15) is 12.1 Å². The summed E-state index contributed by atoms with van der Waals surface area (Å²) < 4.78 is 0. The second-order valence-corrected chi connectivity index (χ2v) is 4.48. The van der Waals surface area contributed by atoms with Crippen LogP contribution < -0.4 is 11.5 Å². The van der Waals surface area contributed by atoms with Gasteiger partial charge in [-0.15, -0.1) is 11.3 Å². The van der Waals surface area contributed by atoms with Crippen LogP contribution in [0.15, 0.2) is 35.3 Å². The summed E-state index contributed by atoms with van der Waals surface area (Å²) in [6.45, 7) is 0. The van der Waals surface area contributed by atoms with Crippen molar-refractivity contribution in [2.75, 3.05) is 11.5 Å². The van der Waals surface area contributed by atoms with Gasteiger partial charge in [0.05, 0.1) is 11.2 Å². The van der Waals surface area contributed by atoms with Gasteiger partial charge in [-0.25, -0.2) is 9.97 Å². The van der Waals surface area contributed by atoms with Gasteiger partial charge >= 0.3 is 0 Å². The molecular formula is C12H10N4S. The van der Waals surface area contributed by atoms with Crippen molar-refractivity contribution < 1.29 is 0 Å². The maximum atomic E-state index is 5.90. The van der Waals surface area contributed by atoms with Crippen molar-refractivity contribution in [2.24, 2.45) is 0 Å². The second-order valence-electron chi connectivity index (χ2n) is 3.73. The highest BCUT2D eigenvalue weighted by atomic mass is 32.1. The number of rotatable bonds is 1. The Bertz CT molecular complexity index is 690. The van der Waals surface area contributed by atoms with Crippen LogP contribution in [0.2, 0.25) is 0 Å². The van der Waals surface area contributed by atoms with Crippen LogP contribution in [-0.2, 0) is 0 Å². The normalized spacial score (nSPS) is 10.8. The summed E-state index contributed by atoms with van der Waals surface area (Å²) >= 11 is 1.58. The molecule has 0 unspecified atom stereocenters. The Labute approximate surface area is 102 Å². The molecule has 0 fully saturated rings. The minimum absolute atomic E-state index is 0.491. The molecule has 1 aromatic carbocycles. The van der Waals surface area contributed by atoms with Crippen LogP contribution >= 0.6 is 11.3 Å². The first kappa shape index (κ1) is 10.0. The van der Waals surface area contributed by atoms with Crippen LogP contribution in [0.25, 0.3) is 22.0 Å². The number of nitrogens with two attached hydrogens (primary N) is 2. The van der Waals surface area contributed by atoms with E-state index in [0.717, 1.165) is 27.7 Å². The van der Waals surface area contributed by atoms with E-state index in [9.17, 15) is 0 Å². The molecule has 0 aliphatic rings. The summed E-state index contributed by atoms with van der Waals surface area (Å²) in [6, 6.07) is 5.90. The molecule has 0 saturated carbocycles. The van der Waals surface area contributed by atoms with E-state index in [1.165, 1.54) is 6.33 Å². The monoisotopic (exact) mass is 242 g/mol. The molecule has 0 bridgehead atoms. The number of nitrogens with zero attached hydrogens (tertiary/aromatic N) is 2. The van der Waals surface area contributed by atoms with Crippen molar-refractivity contribution in [3.63, 3.8) is 0 Å². The van der Waals surface area contributed by atoms with Crippen LogP contribution in [0, 0.1) is 0 Å². The summed E-state index contributed by atoms with van der Waals surface area (Å²) in [4.78, 5) is 8.16. The number of fused-ring (bicyclic) bond motifs is 1. The number of benzene rings is 1. The van der Waals surface area contributed by atoms with Crippen LogP contribution in [0.5, 0.6) is 0 Å². The Morgan fingerprint density at radius 3 is 2.71 bits per heavy atom. The number of hydrogen-bond acceptors (Lipinski definition) is 5. The lowest BCUT2D eigenvalue weighted by Gasteiger charge is -2.04. The van der Waals surface area contributed by atoms with Gasteiger partial charge in [-0.3, -0.25) is 0 Å². The molecular weight excluding hydrogens is 232 g/mol. The van der Waals surface area contributed by atoms with Gasteiger partial charge in [-0.2, -0.15) is 0 Å². The van der Waals surface area contributed by atoms with E-state index in [1.54, 1.807) is 11.3 Å². The molecule has 0 saturated heterocycles. The molecule has 4 nitrogen and oxygen atoms in total. The van der Waals surface area contributed by atoms with Gasteiger partial charge in [0.15, 0.2) is 0 Å². The number of anilines is 2. The summed E-state index contributed by atoms with van der Waals surface area (Å²) in [5.74, 6) is 0.491. The first-order chi connectivity index (χ1) is 8.25. The summed E-state index contributed by atoms with van der Waals surface area (Å²) in [6.07, 6.45) is 1.47. The Morgan fingerprint density at radius 1 is 1.06 bits per heavy atom. The summed E-state index contributed by atoms with van der Waals surface area (Å²) in [7, 11) is 0. The van der Waals surface area contributed by atoms with Crippen molar-refractivity contribution >= 4 is 33.7 Å². The minimum Gasteiger partial charge on any atom is -0.398 e. The van der Waals surface area contributed by atoms with Crippen molar-refractivity contribution in [3.05, 3.63) is 35.3 Å². The maximum absolute atomic E-state index is 5.90. The van der Waals surface area contributed by atoms with E-state index in [-0.39, 0.29) is 0 Å². The first-order valence-corrected chi connectivity index (χ1v) is 6.02. The highest BCUT2D eigenvalue weighted by Crippen LogP contribution is 2.31. The molecule has 0 spiro atoms. The molecule has 0 aliphatic carbocycles. The smallest absolute Gasteiger partial charge is 0.134 e. The molecule has 3 rings (SSSR count). The third-order valence-corrected chi connectivity index (χ3v) is 3.43. The third-order valence-electron chi connectivity index (χ3n) is 2.67. The van der Waals surface area contributed by atoms with Gasteiger partial charge in [-0.05, 0) is 17.7 Å². The van der Waals surface area contributed by atoms with Crippen molar-refractivity contribution in [2.45, 2.75) is 0 Å². The van der Waals surface area contributed by atoms with Gasteiger partial charge in [-0.1, -0.05) is 6.07 Å². The van der Waals surface area contributed by atoms with E-state index >= 15 is 0 Å². The molecule has 0 radical (unpaired) electrons. The highest BCUT2D eigenvalue weighted by Gasteiger charge is 2.06. The molecule has 2 aromatic heterocycles. The average molecular weight is 242 g/mol. The van der Waals surface area contributed by atoms with Crippen LogP contribution in [-0.4, -0.2) is 9.97 Å². The lowest BCUT2D eigenvalue weighted by molar-refractivity contribution is 1.23. The van der Waals surface area contributed by atoms with E-state index in [0.29, 0.717) is 5.82 Å². The molecule has 0 atom stereocenters. The lowest BCUT2D eigenvalue weighted by Crippen LogP contribution is -1.93. The number of thiophene rings is 1. The highest BCUT2D eigenvalue weighted by molar-refractivity contribution is 7.08. The molecule has 4 N–H and O–H groups in total. The molecule has 3 aromatic rings. The SMILES string of the molecule is Nc1cscc1-c1ccc2ncnc(N)c2c1. The first-order valence-electron chi connectivity index (χ1n) is 5.08. The summed E-state index contributed by atoms with van der Waals surface area (Å²) in [5, 5.41) is 4.80. The van der Waals surface area contributed by atoms with E-state index in [1.807, 2.05) is 29.0 Å². The Morgan fingerprint density at radius 2 is 1.94 bits per heavy atom. The molecule has 0 aliphatic heterocycles. The summed E-state index contributed by atoms with van der Waals surface area (Å²) in [5.41, 5.74) is 15.4. The lowest BCUT2D eigenvalue weighted by atomic mass is 10.1.